The minimum absolute atomic E-state index is 0.313. The lowest BCUT2D eigenvalue weighted by atomic mass is 10.1. The van der Waals surface area contributed by atoms with Crippen molar-refractivity contribution in [1.82, 2.24) is 0 Å². The topological polar surface area (TPSA) is 44.4 Å². The van der Waals surface area contributed by atoms with Crippen LogP contribution in [0.1, 0.15) is 21.5 Å². The summed E-state index contributed by atoms with van der Waals surface area (Å²) in [5.74, 6) is -0.902. The van der Waals surface area contributed by atoms with Crippen LogP contribution in [0, 0.1) is 0 Å². The van der Waals surface area contributed by atoms with Gasteiger partial charge in [-0.05, 0) is 35.9 Å². The number of carboxylic acid groups (broad SMARTS) is 1. The Morgan fingerprint density at radius 3 is 2.61 bits per heavy atom. The third-order valence-electron chi connectivity index (χ3n) is 5.55. The third kappa shape index (κ3) is 3.68. The van der Waals surface area contributed by atoms with Crippen molar-refractivity contribution in [2.75, 3.05) is 11.9 Å². The van der Waals surface area contributed by atoms with Crippen LogP contribution < -0.4 is 9.47 Å². The molecule has 0 unspecified atom stereocenters. The maximum Gasteiger partial charge on any atom is 0.335 e. The van der Waals surface area contributed by atoms with Gasteiger partial charge in [-0.3, -0.25) is 0 Å². The highest BCUT2D eigenvalue weighted by Gasteiger charge is 2.24. The number of rotatable bonds is 4. The van der Waals surface area contributed by atoms with E-state index < -0.39 is 5.97 Å². The summed E-state index contributed by atoms with van der Waals surface area (Å²) in [5.41, 5.74) is 4.92. The SMILES string of the molecule is CN1C(=Cc2cc[n+](Cc3ccccc3)c3ccccc23)Sc2cc(C(=O)O)ccc21. The van der Waals surface area contributed by atoms with Crippen molar-refractivity contribution in [3.8, 4) is 0 Å². The van der Waals surface area contributed by atoms with Crippen molar-refractivity contribution in [3.63, 3.8) is 0 Å². The van der Waals surface area contributed by atoms with Crippen molar-refractivity contribution in [3.05, 3.63) is 107 Å². The molecule has 1 aliphatic rings. The van der Waals surface area contributed by atoms with Crippen molar-refractivity contribution in [2.45, 2.75) is 11.4 Å². The first kappa shape index (κ1) is 19.4. The number of para-hydroxylation sites is 1. The number of benzene rings is 3. The second kappa shape index (κ2) is 7.93. The number of aromatic nitrogens is 1. The normalized spacial score (nSPS) is 14.2. The number of hydrogen-bond donors (Lipinski definition) is 1. The van der Waals surface area contributed by atoms with Gasteiger partial charge in [-0.1, -0.05) is 54.2 Å². The number of thioether (sulfide) groups is 1. The highest BCUT2D eigenvalue weighted by molar-refractivity contribution is 8.03. The zero-order chi connectivity index (χ0) is 21.4. The molecule has 0 saturated heterocycles. The van der Waals surface area contributed by atoms with Crippen LogP contribution in [0.4, 0.5) is 5.69 Å². The molecular formula is C26H21N2O2S+. The molecule has 152 valence electrons. The van der Waals surface area contributed by atoms with Crippen LogP contribution in [0.25, 0.3) is 17.0 Å². The van der Waals surface area contributed by atoms with E-state index in [1.165, 1.54) is 16.5 Å². The van der Waals surface area contributed by atoms with Gasteiger partial charge in [-0.25, -0.2) is 4.79 Å². The smallest absolute Gasteiger partial charge is 0.335 e. The Hall–Kier alpha value is -3.57. The zero-order valence-electron chi connectivity index (χ0n) is 17.0. The fraction of sp³-hybridized carbons (Fsp3) is 0.0769. The molecule has 1 N–H and O–H groups in total. The zero-order valence-corrected chi connectivity index (χ0v) is 17.8. The Labute approximate surface area is 185 Å². The maximum atomic E-state index is 11.3. The summed E-state index contributed by atoms with van der Waals surface area (Å²) in [4.78, 5) is 14.4. The number of carbonyl (C=O) groups is 1. The summed E-state index contributed by atoms with van der Waals surface area (Å²) in [6.07, 6.45) is 4.32. The largest absolute Gasteiger partial charge is 0.478 e. The van der Waals surface area contributed by atoms with Crippen LogP contribution >= 0.6 is 11.8 Å². The Morgan fingerprint density at radius 2 is 1.81 bits per heavy atom. The van der Waals surface area contributed by atoms with Crippen molar-refractivity contribution < 1.29 is 14.5 Å². The first-order valence-corrected chi connectivity index (χ1v) is 10.9. The molecule has 1 aromatic heterocycles. The molecule has 0 amide bonds. The van der Waals surface area contributed by atoms with E-state index in [4.69, 9.17) is 0 Å². The summed E-state index contributed by atoms with van der Waals surface area (Å²) in [7, 11) is 2.02. The molecule has 0 radical (unpaired) electrons. The average Bonchev–Trinajstić information content (AvgIpc) is 3.10. The molecule has 31 heavy (non-hydrogen) atoms. The quantitative estimate of drug-likeness (QED) is 0.444. The van der Waals surface area contributed by atoms with Gasteiger partial charge in [0.2, 0.25) is 5.52 Å². The van der Waals surface area contributed by atoms with E-state index in [0.29, 0.717) is 5.56 Å². The molecule has 5 rings (SSSR count). The first-order valence-electron chi connectivity index (χ1n) is 10.1. The van der Waals surface area contributed by atoms with Crippen molar-refractivity contribution >= 4 is 40.4 Å². The fourth-order valence-electron chi connectivity index (χ4n) is 3.92. The number of fused-ring (bicyclic) bond motifs is 2. The van der Waals surface area contributed by atoms with Gasteiger partial charge in [-0.15, -0.1) is 0 Å². The van der Waals surface area contributed by atoms with Crippen LogP contribution in [0.15, 0.2) is 95.0 Å². The van der Waals surface area contributed by atoms with Gasteiger partial charge < -0.3 is 10.0 Å². The van der Waals surface area contributed by atoms with Gasteiger partial charge in [0.1, 0.15) is 0 Å². The van der Waals surface area contributed by atoms with Crippen molar-refractivity contribution in [1.29, 1.82) is 0 Å². The molecule has 3 aromatic carbocycles. The standard InChI is InChI=1S/C26H20N2O2S/c1-27-23-12-11-20(26(29)30)15-24(23)31-25(27)16-19-13-14-28(17-18-7-3-2-4-8-18)22-10-6-5-9-21(19)22/h2-16H,17H2,1H3/p+1. The van der Waals surface area contributed by atoms with Crippen LogP contribution in [0.2, 0.25) is 0 Å². The number of aromatic carboxylic acids is 1. The van der Waals surface area contributed by atoms with Crippen LogP contribution in [0.5, 0.6) is 0 Å². The molecule has 0 spiro atoms. The Bertz CT molecular complexity index is 1330. The van der Waals surface area contributed by atoms with Crippen LogP contribution in [-0.4, -0.2) is 18.1 Å². The monoisotopic (exact) mass is 425 g/mol. The molecule has 0 aliphatic carbocycles. The highest BCUT2D eigenvalue weighted by Crippen LogP contribution is 2.46. The first-order chi connectivity index (χ1) is 15.1. The number of pyridine rings is 1. The number of nitrogens with zero attached hydrogens (tertiary/aromatic N) is 2. The van der Waals surface area contributed by atoms with Crippen molar-refractivity contribution in [2.24, 2.45) is 0 Å². The van der Waals surface area contributed by atoms with Gasteiger partial charge in [-0.2, -0.15) is 4.57 Å². The van der Waals surface area contributed by atoms with Gasteiger partial charge in [0, 0.05) is 29.6 Å². The molecule has 0 fully saturated rings. The second-order valence-electron chi connectivity index (χ2n) is 7.53. The molecule has 4 aromatic rings. The summed E-state index contributed by atoms with van der Waals surface area (Å²) < 4.78 is 2.27. The third-order valence-corrected chi connectivity index (χ3v) is 6.69. The lowest BCUT2D eigenvalue weighted by Gasteiger charge is -2.14. The summed E-state index contributed by atoms with van der Waals surface area (Å²) >= 11 is 1.60. The minimum Gasteiger partial charge on any atom is -0.478 e. The van der Waals surface area contributed by atoms with E-state index >= 15 is 0 Å². The molecule has 4 nitrogen and oxygen atoms in total. The van der Waals surface area contributed by atoms with Gasteiger partial charge >= 0.3 is 5.97 Å². The van der Waals surface area contributed by atoms with Gasteiger partial charge in [0.25, 0.3) is 0 Å². The molecule has 0 saturated carbocycles. The van der Waals surface area contributed by atoms with E-state index in [0.717, 1.165) is 27.7 Å². The Balaban J connectivity index is 1.53. The lowest BCUT2D eigenvalue weighted by Crippen LogP contribution is -2.34. The fourth-order valence-corrected chi connectivity index (χ4v) is 5.06. The second-order valence-corrected chi connectivity index (χ2v) is 8.60. The highest BCUT2D eigenvalue weighted by atomic mass is 32.2. The average molecular weight is 426 g/mol. The maximum absolute atomic E-state index is 11.3. The molecule has 5 heteroatoms. The van der Waals surface area contributed by atoms with E-state index in [1.807, 2.05) is 19.2 Å². The molecule has 0 bridgehead atoms. The number of anilines is 1. The molecule has 2 heterocycles. The summed E-state index contributed by atoms with van der Waals surface area (Å²) in [6.45, 7) is 0.816. The van der Waals surface area contributed by atoms with Gasteiger partial charge in [0.05, 0.1) is 21.7 Å². The summed E-state index contributed by atoms with van der Waals surface area (Å²) in [6, 6.07) is 26.3. The van der Waals surface area contributed by atoms with Crippen LogP contribution in [0.3, 0.4) is 0 Å². The predicted molar refractivity (Wildman–Crippen MR) is 125 cm³/mol. The summed E-state index contributed by atoms with van der Waals surface area (Å²) in [5, 5.41) is 11.6. The Morgan fingerprint density at radius 1 is 1.03 bits per heavy atom. The van der Waals surface area contributed by atoms with E-state index in [1.54, 1.807) is 23.9 Å². The number of hydrogen-bond acceptors (Lipinski definition) is 3. The lowest BCUT2D eigenvalue weighted by molar-refractivity contribution is -0.662. The molecule has 0 atom stereocenters. The van der Waals surface area contributed by atoms with Gasteiger partial charge in [0.15, 0.2) is 12.7 Å². The van der Waals surface area contributed by atoms with E-state index in [9.17, 15) is 9.90 Å². The Kier molecular flexibility index (Phi) is 4.96. The van der Waals surface area contributed by atoms with E-state index in [-0.39, 0.29) is 0 Å². The van der Waals surface area contributed by atoms with Crippen LogP contribution in [-0.2, 0) is 6.54 Å². The predicted octanol–water partition coefficient (Wildman–Crippen LogP) is 5.41. The number of carboxylic acids is 1. The van der Waals surface area contributed by atoms with E-state index in [2.05, 4.69) is 76.3 Å². The molecular weight excluding hydrogens is 404 g/mol. The molecule has 1 aliphatic heterocycles. The minimum atomic E-state index is -0.902.